The van der Waals surface area contributed by atoms with E-state index in [0.717, 1.165) is 25.7 Å². The Bertz CT molecular complexity index is 755. The average Bonchev–Trinajstić information content (AvgIpc) is 2.86. The molecule has 3 heterocycles. The third-order valence-electron chi connectivity index (χ3n) is 5.89. The van der Waals surface area contributed by atoms with Crippen molar-refractivity contribution in [1.29, 1.82) is 0 Å². The van der Waals surface area contributed by atoms with Gasteiger partial charge in [0.2, 0.25) is 0 Å². The minimum atomic E-state index is -0.576. The largest absolute Gasteiger partial charge is 0.444 e. The van der Waals surface area contributed by atoms with Crippen LogP contribution in [-0.4, -0.2) is 51.9 Å². The molecule has 0 N–H and O–H groups in total. The van der Waals surface area contributed by atoms with Crippen LogP contribution in [0.15, 0.2) is 24.3 Å². The fraction of sp³-hybridized carbons (Fsp3) is 0.571. The Morgan fingerprint density at radius 2 is 1.59 bits per heavy atom. The predicted octanol–water partition coefficient (Wildman–Crippen LogP) is 3.46. The minimum Gasteiger partial charge on any atom is -0.444 e. The monoisotopic (exact) mass is 370 g/mol. The Morgan fingerprint density at radius 1 is 1.04 bits per heavy atom. The van der Waals surface area contributed by atoms with Crippen molar-refractivity contribution in [3.05, 3.63) is 35.4 Å². The zero-order chi connectivity index (χ0) is 19.3. The van der Waals surface area contributed by atoms with E-state index in [-0.39, 0.29) is 36.5 Å². The van der Waals surface area contributed by atoms with Gasteiger partial charge in [0.25, 0.3) is 11.8 Å². The van der Waals surface area contributed by atoms with Gasteiger partial charge in [0.05, 0.1) is 23.7 Å². The van der Waals surface area contributed by atoms with Crippen molar-refractivity contribution >= 4 is 17.9 Å². The van der Waals surface area contributed by atoms with Crippen LogP contribution >= 0.6 is 0 Å². The lowest BCUT2D eigenvalue weighted by Gasteiger charge is -2.51. The van der Waals surface area contributed by atoms with Gasteiger partial charge in [0, 0.05) is 6.04 Å². The highest BCUT2D eigenvalue weighted by Gasteiger charge is 2.48. The molecule has 3 amide bonds. The first-order valence-corrected chi connectivity index (χ1v) is 9.73. The van der Waals surface area contributed by atoms with E-state index in [9.17, 15) is 14.4 Å². The molecule has 0 unspecified atom stereocenters. The van der Waals surface area contributed by atoms with Gasteiger partial charge in [-0.3, -0.25) is 14.5 Å². The molecule has 6 heteroatoms. The van der Waals surface area contributed by atoms with Gasteiger partial charge in [-0.25, -0.2) is 4.79 Å². The maximum Gasteiger partial charge on any atom is 0.410 e. The van der Waals surface area contributed by atoms with Crippen molar-refractivity contribution in [2.75, 3.05) is 6.54 Å². The van der Waals surface area contributed by atoms with E-state index in [2.05, 4.69) is 0 Å². The van der Waals surface area contributed by atoms with Gasteiger partial charge in [0.15, 0.2) is 0 Å². The second kappa shape index (κ2) is 6.36. The quantitative estimate of drug-likeness (QED) is 0.748. The lowest BCUT2D eigenvalue weighted by Crippen LogP contribution is -2.62. The maximum atomic E-state index is 12.9. The smallest absolute Gasteiger partial charge is 0.410 e. The van der Waals surface area contributed by atoms with E-state index < -0.39 is 5.60 Å². The van der Waals surface area contributed by atoms with E-state index in [4.69, 9.17) is 4.74 Å². The molecular weight excluding hydrogens is 344 g/mol. The van der Waals surface area contributed by atoms with Crippen LogP contribution in [0, 0.1) is 5.92 Å². The van der Waals surface area contributed by atoms with Crippen molar-refractivity contribution in [1.82, 2.24) is 9.80 Å². The van der Waals surface area contributed by atoms with Crippen molar-refractivity contribution in [2.45, 2.75) is 64.1 Å². The predicted molar refractivity (Wildman–Crippen MR) is 99.4 cm³/mol. The Balaban J connectivity index is 1.59. The molecular formula is C21H26N2O4. The summed E-state index contributed by atoms with van der Waals surface area (Å²) in [4.78, 5) is 41.5. The van der Waals surface area contributed by atoms with Gasteiger partial charge in [-0.15, -0.1) is 0 Å². The summed E-state index contributed by atoms with van der Waals surface area (Å²) in [7, 11) is 0. The zero-order valence-electron chi connectivity index (χ0n) is 16.1. The molecule has 3 aliphatic heterocycles. The highest BCUT2D eigenvalue weighted by molar-refractivity contribution is 6.21. The topological polar surface area (TPSA) is 66.9 Å². The third-order valence-corrected chi connectivity index (χ3v) is 5.89. The fourth-order valence-electron chi connectivity index (χ4n) is 4.69. The molecule has 0 radical (unpaired) electrons. The van der Waals surface area contributed by atoms with E-state index in [1.165, 1.54) is 4.90 Å². The van der Waals surface area contributed by atoms with Crippen LogP contribution in [0.3, 0.4) is 0 Å². The number of fused-ring (bicyclic) bond motifs is 4. The summed E-state index contributed by atoms with van der Waals surface area (Å²) in [5, 5.41) is 0. The first kappa shape index (κ1) is 18.0. The molecule has 1 saturated carbocycles. The molecule has 2 saturated heterocycles. The second-order valence-corrected chi connectivity index (χ2v) is 8.79. The number of piperidine rings is 2. The molecule has 1 aromatic rings. The number of hydrogen-bond acceptors (Lipinski definition) is 4. The lowest BCUT2D eigenvalue weighted by atomic mass is 9.74. The summed E-state index contributed by atoms with van der Waals surface area (Å²) in [6, 6.07) is 6.87. The molecule has 6 nitrogen and oxygen atoms in total. The van der Waals surface area contributed by atoms with Crippen LogP contribution in [0.2, 0.25) is 0 Å². The fourth-order valence-corrected chi connectivity index (χ4v) is 4.69. The summed E-state index contributed by atoms with van der Waals surface area (Å²) in [5.41, 5.74) is 0.327. The molecule has 1 atom stereocenters. The zero-order valence-corrected chi connectivity index (χ0v) is 16.1. The van der Waals surface area contributed by atoms with E-state index in [0.29, 0.717) is 17.0 Å². The molecule has 0 aromatic heterocycles. The molecule has 27 heavy (non-hydrogen) atoms. The molecule has 2 bridgehead atoms. The summed E-state index contributed by atoms with van der Waals surface area (Å²) >= 11 is 0. The second-order valence-electron chi connectivity index (χ2n) is 8.79. The maximum absolute atomic E-state index is 12.9. The van der Waals surface area contributed by atoms with Crippen molar-refractivity contribution in [2.24, 2.45) is 5.92 Å². The number of benzene rings is 1. The van der Waals surface area contributed by atoms with Gasteiger partial charge < -0.3 is 9.64 Å². The molecule has 0 spiro atoms. The standard InChI is InChI=1S/C21H26N2O4/c1-21(2,3)27-20(26)23-14-10-8-13(9-11-14)17(23)12-22-18(24)15-6-4-5-7-16(15)19(22)25/h4-7,13-14,17H,8-12H2,1-3H3/t13?,14?,17-/m1/s1. The Morgan fingerprint density at radius 3 is 2.11 bits per heavy atom. The van der Waals surface area contributed by atoms with Crippen LogP contribution < -0.4 is 0 Å². The van der Waals surface area contributed by atoms with Crippen molar-refractivity contribution < 1.29 is 19.1 Å². The van der Waals surface area contributed by atoms with Gasteiger partial charge in [-0.1, -0.05) is 12.1 Å². The van der Waals surface area contributed by atoms with E-state index >= 15 is 0 Å². The van der Waals surface area contributed by atoms with Crippen LogP contribution in [0.25, 0.3) is 0 Å². The number of carbonyl (C=O) groups is 3. The number of rotatable bonds is 2. The lowest BCUT2D eigenvalue weighted by molar-refractivity contribution is -0.0456. The van der Waals surface area contributed by atoms with Crippen LogP contribution in [-0.2, 0) is 4.74 Å². The first-order chi connectivity index (χ1) is 12.8. The molecule has 1 aromatic carbocycles. The highest BCUT2D eigenvalue weighted by atomic mass is 16.6. The normalized spacial score (nSPS) is 27.1. The van der Waals surface area contributed by atoms with Crippen LogP contribution in [0.5, 0.6) is 0 Å². The van der Waals surface area contributed by atoms with Gasteiger partial charge in [-0.05, 0) is 64.5 Å². The summed E-state index contributed by atoms with van der Waals surface area (Å²) in [6.45, 7) is 5.80. The SMILES string of the molecule is CC(C)(C)OC(=O)N1C2CCC(CC2)[C@H]1CN1C(=O)c2ccccc2C1=O. The summed E-state index contributed by atoms with van der Waals surface area (Å²) in [6.07, 6.45) is 3.64. The van der Waals surface area contributed by atoms with Gasteiger partial charge >= 0.3 is 6.09 Å². The molecule has 144 valence electrons. The Kier molecular flexibility index (Phi) is 4.24. The number of amides is 3. The van der Waals surface area contributed by atoms with E-state index in [1.807, 2.05) is 25.7 Å². The third kappa shape index (κ3) is 3.11. The van der Waals surface area contributed by atoms with Gasteiger partial charge in [-0.2, -0.15) is 0 Å². The van der Waals surface area contributed by atoms with Gasteiger partial charge in [0.1, 0.15) is 5.60 Å². The number of imide groups is 1. The highest BCUT2D eigenvalue weighted by Crippen LogP contribution is 2.41. The summed E-state index contributed by atoms with van der Waals surface area (Å²) in [5.74, 6) is -0.228. The molecule has 4 aliphatic rings. The number of nitrogens with zero attached hydrogens (tertiary/aromatic N) is 2. The van der Waals surface area contributed by atoms with Crippen LogP contribution in [0.1, 0.15) is 67.2 Å². The molecule has 5 rings (SSSR count). The number of hydrogen-bond donors (Lipinski definition) is 0. The molecule has 3 fully saturated rings. The van der Waals surface area contributed by atoms with Crippen molar-refractivity contribution in [3.63, 3.8) is 0 Å². The molecule has 1 aliphatic carbocycles. The van der Waals surface area contributed by atoms with Crippen LogP contribution in [0.4, 0.5) is 4.79 Å². The number of carbonyl (C=O) groups excluding carboxylic acids is 3. The minimum absolute atomic E-state index is 0.130. The Hall–Kier alpha value is -2.37. The number of ether oxygens (including phenoxy) is 1. The van der Waals surface area contributed by atoms with E-state index in [1.54, 1.807) is 24.3 Å². The first-order valence-electron chi connectivity index (χ1n) is 9.73. The Labute approximate surface area is 159 Å². The van der Waals surface area contributed by atoms with Crippen molar-refractivity contribution in [3.8, 4) is 0 Å². The summed E-state index contributed by atoms with van der Waals surface area (Å²) < 4.78 is 5.64. The average molecular weight is 370 g/mol.